The van der Waals surface area contributed by atoms with Gasteiger partial charge < -0.3 is 5.11 Å². The molecule has 0 radical (unpaired) electrons. The van der Waals surface area contributed by atoms with Crippen molar-refractivity contribution in [1.29, 1.82) is 0 Å². The van der Waals surface area contributed by atoms with Crippen LogP contribution in [0.3, 0.4) is 0 Å². The van der Waals surface area contributed by atoms with E-state index in [0.717, 1.165) is 25.9 Å². The molecule has 0 spiro atoms. The lowest BCUT2D eigenvalue weighted by Crippen LogP contribution is -2.24. The van der Waals surface area contributed by atoms with E-state index in [2.05, 4.69) is 4.90 Å². The second kappa shape index (κ2) is 5.00. The van der Waals surface area contributed by atoms with Gasteiger partial charge in [-0.3, -0.25) is 4.90 Å². The van der Waals surface area contributed by atoms with Gasteiger partial charge in [-0.25, -0.2) is 8.78 Å². The smallest absolute Gasteiger partial charge is 0.149 e. The highest BCUT2D eigenvalue weighted by atomic mass is 35.5. The summed E-state index contributed by atoms with van der Waals surface area (Å²) in [5.41, 5.74) is 0.0491. The normalized spacial score (nSPS) is 30.8. The molecule has 0 bridgehead atoms. The predicted octanol–water partition coefficient (Wildman–Crippen LogP) is 2.82. The van der Waals surface area contributed by atoms with Crippen LogP contribution in [-0.4, -0.2) is 29.2 Å². The van der Waals surface area contributed by atoms with Crippen LogP contribution in [0.15, 0.2) is 12.1 Å². The van der Waals surface area contributed by atoms with E-state index in [9.17, 15) is 13.9 Å². The first kappa shape index (κ1) is 13.3. The zero-order valence-electron chi connectivity index (χ0n) is 10.5. The van der Waals surface area contributed by atoms with Crippen molar-refractivity contribution in [2.24, 2.45) is 11.8 Å². The van der Waals surface area contributed by atoms with Gasteiger partial charge >= 0.3 is 0 Å². The number of likely N-dealkylation sites (tertiary alicyclic amines) is 1. The summed E-state index contributed by atoms with van der Waals surface area (Å²) < 4.78 is 27.5. The fourth-order valence-corrected chi connectivity index (χ4v) is 3.61. The maximum absolute atomic E-state index is 13.8. The lowest BCUT2D eigenvalue weighted by atomic mass is 10.0. The van der Waals surface area contributed by atoms with E-state index < -0.39 is 11.6 Å². The molecule has 1 aliphatic carbocycles. The van der Waals surface area contributed by atoms with Crippen LogP contribution < -0.4 is 0 Å². The fraction of sp³-hybridized carbons (Fsp3) is 0.571. The predicted molar refractivity (Wildman–Crippen MR) is 68.9 cm³/mol. The van der Waals surface area contributed by atoms with Crippen LogP contribution in [0.2, 0.25) is 5.02 Å². The van der Waals surface area contributed by atoms with Crippen molar-refractivity contribution in [3.63, 3.8) is 0 Å². The molecular weight excluding hydrogens is 272 g/mol. The first-order chi connectivity index (χ1) is 9.04. The monoisotopic (exact) mass is 287 g/mol. The van der Waals surface area contributed by atoms with Gasteiger partial charge in [0.2, 0.25) is 0 Å². The maximum Gasteiger partial charge on any atom is 0.149 e. The van der Waals surface area contributed by atoms with Crippen molar-refractivity contribution >= 4 is 11.6 Å². The molecule has 0 aromatic heterocycles. The topological polar surface area (TPSA) is 23.5 Å². The number of hydrogen-bond donors (Lipinski definition) is 1. The minimum Gasteiger partial charge on any atom is -0.393 e. The molecule has 1 aromatic carbocycles. The first-order valence-electron chi connectivity index (χ1n) is 6.57. The van der Waals surface area contributed by atoms with Crippen molar-refractivity contribution in [2.45, 2.75) is 25.5 Å². The lowest BCUT2D eigenvalue weighted by Gasteiger charge is -2.18. The SMILES string of the molecule is OC1C[C@@H]2CN(Cc3c(F)ccc(Cl)c3F)C[C@@H]2C1. The van der Waals surface area contributed by atoms with Gasteiger partial charge in [-0.1, -0.05) is 11.6 Å². The Bertz CT molecular complexity index is 483. The highest BCUT2D eigenvalue weighted by molar-refractivity contribution is 6.30. The Morgan fingerprint density at radius 1 is 1.21 bits per heavy atom. The van der Waals surface area contributed by atoms with Crippen LogP contribution in [0.5, 0.6) is 0 Å². The minimum atomic E-state index is -0.654. The number of halogens is 3. The molecule has 1 N–H and O–H groups in total. The molecule has 19 heavy (non-hydrogen) atoms. The van der Waals surface area contributed by atoms with Crippen molar-refractivity contribution in [2.75, 3.05) is 13.1 Å². The molecule has 1 aromatic rings. The van der Waals surface area contributed by atoms with Gasteiger partial charge in [0.05, 0.1) is 11.1 Å². The molecule has 0 amide bonds. The molecule has 5 heteroatoms. The number of nitrogens with zero attached hydrogens (tertiary/aromatic N) is 1. The van der Waals surface area contributed by atoms with Crippen molar-refractivity contribution < 1.29 is 13.9 Å². The number of aliphatic hydroxyl groups excluding tert-OH is 1. The van der Waals surface area contributed by atoms with Gasteiger partial charge in [0.25, 0.3) is 0 Å². The number of aliphatic hydroxyl groups is 1. The largest absolute Gasteiger partial charge is 0.393 e. The average Bonchev–Trinajstić information content (AvgIpc) is 2.86. The highest BCUT2D eigenvalue weighted by Gasteiger charge is 2.40. The third kappa shape index (κ3) is 2.49. The molecular formula is C14H16ClF2NO. The van der Waals surface area contributed by atoms with E-state index in [-0.39, 0.29) is 23.2 Å². The van der Waals surface area contributed by atoms with Crippen LogP contribution in [-0.2, 0) is 6.54 Å². The van der Waals surface area contributed by atoms with Crippen LogP contribution in [0, 0.1) is 23.5 Å². The average molecular weight is 288 g/mol. The molecule has 2 aliphatic rings. The fourth-order valence-electron chi connectivity index (χ4n) is 3.43. The van der Waals surface area contributed by atoms with Crippen molar-refractivity contribution in [1.82, 2.24) is 4.90 Å². The molecule has 1 saturated heterocycles. The lowest BCUT2D eigenvalue weighted by molar-refractivity contribution is 0.160. The Morgan fingerprint density at radius 3 is 2.47 bits per heavy atom. The van der Waals surface area contributed by atoms with Gasteiger partial charge in [-0.05, 0) is 36.8 Å². The summed E-state index contributed by atoms with van der Waals surface area (Å²) in [5.74, 6) is -0.279. The van der Waals surface area contributed by atoms with E-state index in [1.165, 1.54) is 12.1 Å². The van der Waals surface area contributed by atoms with Crippen LogP contribution >= 0.6 is 11.6 Å². The van der Waals surface area contributed by atoms with E-state index in [1.54, 1.807) is 0 Å². The van der Waals surface area contributed by atoms with Gasteiger partial charge in [0.1, 0.15) is 11.6 Å². The van der Waals surface area contributed by atoms with Crippen LogP contribution in [0.25, 0.3) is 0 Å². The van der Waals surface area contributed by atoms with Gasteiger partial charge in [-0.15, -0.1) is 0 Å². The van der Waals surface area contributed by atoms with Gasteiger partial charge in [0, 0.05) is 25.2 Å². The Morgan fingerprint density at radius 2 is 1.84 bits per heavy atom. The number of hydrogen-bond acceptors (Lipinski definition) is 2. The first-order valence-corrected chi connectivity index (χ1v) is 6.95. The standard InChI is InChI=1S/C14H16ClF2NO/c15-12-1-2-13(16)11(14(12)17)7-18-5-8-3-10(19)4-9(8)6-18/h1-2,8-10,19H,3-7H2/t8-,9+,10?. The molecule has 3 rings (SSSR count). The number of rotatable bonds is 2. The molecule has 2 nitrogen and oxygen atoms in total. The summed E-state index contributed by atoms with van der Waals surface area (Å²) in [5, 5.41) is 9.54. The second-order valence-corrected chi connectivity index (χ2v) is 6.07. The van der Waals surface area contributed by atoms with Crippen molar-refractivity contribution in [3.8, 4) is 0 Å². The van der Waals surface area contributed by atoms with E-state index >= 15 is 0 Å². The minimum absolute atomic E-state index is 0.0359. The van der Waals surface area contributed by atoms with Crippen molar-refractivity contribution in [3.05, 3.63) is 34.4 Å². The van der Waals surface area contributed by atoms with Crippen LogP contribution in [0.1, 0.15) is 18.4 Å². The van der Waals surface area contributed by atoms with E-state index in [1.807, 2.05) is 0 Å². The molecule has 1 heterocycles. The molecule has 3 atom stereocenters. The zero-order valence-corrected chi connectivity index (χ0v) is 11.2. The summed E-state index contributed by atoms with van der Waals surface area (Å²) in [6, 6.07) is 2.45. The zero-order chi connectivity index (χ0) is 13.6. The highest BCUT2D eigenvalue weighted by Crippen LogP contribution is 2.38. The second-order valence-electron chi connectivity index (χ2n) is 5.66. The Kier molecular flexibility index (Phi) is 3.50. The van der Waals surface area contributed by atoms with Gasteiger partial charge in [-0.2, -0.15) is 0 Å². The Labute approximate surface area is 116 Å². The summed E-state index contributed by atoms with van der Waals surface area (Å²) in [6.45, 7) is 1.85. The number of fused-ring (bicyclic) bond motifs is 1. The molecule has 1 aliphatic heterocycles. The summed E-state index contributed by atoms with van der Waals surface area (Å²) >= 11 is 5.69. The molecule has 1 saturated carbocycles. The Hall–Kier alpha value is -0.710. The molecule has 2 fully saturated rings. The number of benzene rings is 1. The third-order valence-corrected chi connectivity index (χ3v) is 4.61. The summed E-state index contributed by atoms with van der Waals surface area (Å²) in [6.07, 6.45) is 1.42. The van der Waals surface area contributed by atoms with E-state index in [4.69, 9.17) is 11.6 Å². The van der Waals surface area contributed by atoms with Gasteiger partial charge in [0.15, 0.2) is 0 Å². The maximum atomic E-state index is 13.8. The summed E-state index contributed by atoms with van der Waals surface area (Å²) in [7, 11) is 0. The van der Waals surface area contributed by atoms with E-state index in [0.29, 0.717) is 11.8 Å². The molecule has 104 valence electrons. The Balaban J connectivity index is 1.72. The third-order valence-electron chi connectivity index (χ3n) is 4.32. The summed E-state index contributed by atoms with van der Waals surface area (Å²) in [4.78, 5) is 2.05. The van der Waals surface area contributed by atoms with Crippen LogP contribution in [0.4, 0.5) is 8.78 Å². The molecule has 1 unspecified atom stereocenters. The quantitative estimate of drug-likeness (QED) is 0.846.